The maximum Gasteiger partial charge on any atom is 0.239 e. The van der Waals surface area contributed by atoms with E-state index in [0.717, 1.165) is 5.69 Å². The highest BCUT2D eigenvalue weighted by Crippen LogP contribution is 2.22. The fraction of sp³-hybridized carbons (Fsp3) is 0.421. The molecule has 2 aromatic rings. The lowest BCUT2D eigenvalue weighted by molar-refractivity contribution is -0.134. The lowest BCUT2D eigenvalue weighted by Gasteiger charge is -2.21. The third-order valence-electron chi connectivity index (χ3n) is 4.70. The number of hydrogen-bond acceptors (Lipinski definition) is 6. The highest BCUT2D eigenvalue weighted by atomic mass is 35.5. The van der Waals surface area contributed by atoms with Gasteiger partial charge in [0.2, 0.25) is 11.8 Å². The van der Waals surface area contributed by atoms with Crippen LogP contribution in [0, 0.1) is 0 Å². The van der Waals surface area contributed by atoms with Crippen LogP contribution in [0.25, 0.3) is 5.69 Å². The molecule has 8 nitrogen and oxygen atoms in total. The van der Waals surface area contributed by atoms with Crippen LogP contribution in [0.15, 0.2) is 41.8 Å². The van der Waals surface area contributed by atoms with E-state index in [1.165, 1.54) is 16.7 Å². The van der Waals surface area contributed by atoms with E-state index in [4.69, 9.17) is 11.6 Å². The Morgan fingerprint density at radius 2 is 2.07 bits per heavy atom. The van der Waals surface area contributed by atoms with Crippen molar-refractivity contribution in [3.63, 3.8) is 0 Å². The maximum atomic E-state index is 12.6. The van der Waals surface area contributed by atoms with Crippen LogP contribution in [0.1, 0.15) is 13.3 Å². The first-order valence-electron chi connectivity index (χ1n) is 9.47. The molecular weight excluding hydrogens is 448 g/mol. The van der Waals surface area contributed by atoms with Crippen molar-refractivity contribution in [2.45, 2.75) is 24.5 Å². The predicted octanol–water partition coefficient (Wildman–Crippen LogP) is 1.77. The fourth-order valence-electron chi connectivity index (χ4n) is 3.14. The van der Waals surface area contributed by atoms with Gasteiger partial charge in [0.05, 0.1) is 23.8 Å². The third-order valence-corrected chi connectivity index (χ3v) is 7.67. The van der Waals surface area contributed by atoms with E-state index in [2.05, 4.69) is 10.3 Å². The molecule has 0 unspecified atom stereocenters. The number of aromatic nitrogens is 2. The zero-order valence-corrected chi connectivity index (χ0v) is 18.8. The zero-order chi connectivity index (χ0) is 21.7. The number of amides is 2. The predicted molar refractivity (Wildman–Crippen MR) is 117 cm³/mol. The van der Waals surface area contributed by atoms with Crippen LogP contribution in [0.3, 0.4) is 0 Å². The Morgan fingerprint density at radius 3 is 2.70 bits per heavy atom. The van der Waals surface area contributed by atoms with E-state index < -0.39 is 9.84 Å². The molecule has 0 saturated carbocycles. The number of likely N-dealkylation sites (N-methyl/N-ethyl adjacent to an activating group) is 1. The van der Waals surface area contributed by atoms with Gasteiger partial charge in [-0.05, 0) is 37.6 Å². The minimum Gasteiger partial charge on any atom is -0.351 e. The Kier molecular flexibility index (Phi) is 7.43. The molecule has 1 aliphatic heterocycles. The number of benzene rings is 1. The SMILES string of the molecule is CCN(CC(=O)N[C@@H]1CCS(=O)(=O)C1)C(=O)CSc1nccn1-c1ccc(Cl)cc1. The number of rotatable bonds is 8. The molecule has 0 spiro atoms. The topological polar surface area (TPSA) is 101 Å². The van der Waals surface area contributed by atoms with Gasteiger partial charge in [0.15, 0.2) is 15.0 Å². The average Bonchev–Trinajstić information content (AvgIpc) is 3.30. The van der Waals surface area contributed by atoms with Crippen LogP contribution in [0.2, 0.25) is 5.02 Å². The highest BCUT2D eigenvalue weighted by Gasteiger charge is 2.29. The maximum absolute atomic E-state index is 12.6. The molecule has 1 saturated heterocycles. The largest absolute Gasteiger partial charge is 0.351 e. The molecule has 2 amide bonds. The number of carbonyl (C=O) groups is 2. The van der Waals surface area contributed by atoms with Gasteiger partial charge in [0.1, 0.15) is 0 Å². The number of nitrogens with zero attached hydrogens (tertiary/aromatic N) is 3. The van der Waals surface area contributed by atoms with Crippen molar-refractivity contribution in [1.29, 1.82) is 0 Å². The van der Waals surface area contributed by atoms with Crippen molar-refractivity contribution in [3.8, 4) is 5.69 Å². The molecular formula is C19H23ClN4O4S2. The van der Waals surface area contributed by atoms with Gasteiger partial charge in [-0.2, -0.15) is 0 Å². The Hall–Kier alpha value is -2.04. The van der Waals surface area contributed by atoms with Crippen molar-refractivity contribution in [2.75, 3.05) is 30.3 Å². The Morgan fingerprint density at radius 1 is 1.33 bits per heavy atom. The van der Waals surface area contributed by atoms with Crippen LogP contribution in [0.5, 0.6) is 0 Å². The second-order valence-electron chi connectivity index (χ2n) is 6.92. The van der Waals surface area contributed by atoms with Crippen molar-refractivity contribution in [2.24, 2.45) is 0 Å². The second kappa shape index (κ2) is 9.84. The van der Waals surface area contributed by atoms with E-state index in [-0.39, 0.29) is 41.7 Å². The van der Waals surface area contributed by atoms with E-state index in [1.807, 2.05) is 16.7 Å². The Balaban J connectivity index is 1.54. The highest BCUT2D eigenvalue weighted by molar-refractivity contribution is 7.99. The van der Waals surface area contributed by atoms with E-state index in [9.17, 15) is 18.0 Å². The molecule has 1 aromatic carbocycles. The van der Waals surface area contributed by atoms with Gasteiger partial charge in [-0.3, -0.25) is 14.2 Å². The number of nitrogens with one attached hydrogen (secondary N) is 1. The third kappa shape index (κ3) is 5.99. The van der Waals surface area contributed by atoms with Gasteiger partial charge in [0.25, 0.3) is 0 Å². The number of sulfone groups is 1. The number of thioether (sulfide) groups is 1. The summed E-state index contributed by atoms with van der Waals surface area (Å²) < 4.78 is 24.9. The first-order chi connectivity index (χ1) is 14.3. The minimum absolute atomic E-state index is 0.0397. The summed E-state index contributed by atoms with van der Waals surface area (Å²) in [6.07, 6.45) is 3.87. The molecule has 1 aromatic heterocycles. The van der Waals surface area contributed by atoms with Gasteiger partial charge in [-0.25, -0.2) is 13.4 Å². The molecule has 0 bridgehead atoms. The van der Waals surface area contributed by atoms with Crippen LogP contribution in [-0.2, 0) is 19.4 Å². The van der Waals surface area contributed by atoms with Crippen molar-refractivity contribution in [3.05, 3.63) is 41.7 Å². The summed E-state index contributed by atoms with van der Waals surface area (Å²) in [4.78, 5) is 30.6. The van der Waals surface area contributed by atoms with Crippen LogP contribution < -0.4 is 5.32 Å². The van der Waals surface area contributed by atoms with Gasteiger partial charge >= 0.3 is 0 Å². The molecule has 11 heteroatoms. The minimum atomic E-state index is -3.07. The van der Waals surface area contributed by atoms with Gasteiger partial charge in [0, 0.05) is 35.7 Å². The van der Waals surface area contributed by atoms with Gasteiger partial charge in [-0.1, -0.05) is 23.4 Å². The summed E-state index contributed by atoms with van der Waals surface area (Å²) in [5.41, 5.74) is 0.880. The summed E-state index contributed by atoms with van der Waals surface area (Å²) in [5, 5.41) is 4.00. The summed E-state index contributed by atoms with van der Waals surface area (Å²) >= 11 is 7.21. The summed E-state index contributed by atoms with van der Waals surface area (Å²) in [6.45, 7) is 2.07. The quantitative estimate of drug-likeness (QED) is 0.590. The Bertz CT molecular complexity index is 1010. The molecule has 1 N–H and O–H groups in total. The van der Waals surface area contributed by atoms with Crippen molar-refractivity contribution in [1.82, 2.24) is 19.8 Å². The molecule has 0 aliphatic carbocycles. The van der Waals surface area contributed by atoms with Crippen LogP contribution >= 0.6 is 23.4 Å². The molecule has 0 radical (unpaired) electrons. The monoisotopic (exact) mass is 470 g/mol. The first-order valence-corrected chi connectivity index (χ1v) is 12.7. The molecule has 2 heterocycles. The normalized spacial score (nSPS) is 17.6. The molecule has 1 atom stereocenters. The molecule has 3 rings (SSSR count). The van der Waals surface area contributed by atoms with Crippen molar-refractivity contribution >= 4 is 45.0 Å². The number of imidazole rings is 1. The molecule has 1 aliphatic rings. The molecule has 162 valence electrons. The van der Waals surface area contributed by atoms with Crippen LogP contribution in [-0.4, -0.2) is 71.1 Å². The first kappa shape index (κ1) is 22.6. The zero-order valence-electron chi connectivity index (χ0n) is 16.5. The number of carbonyl (C=O) groups excluding carboxylic acids is 2. The van der Waals surface area contributed by atoms with Gasteiger partial charge in [-0.15, -0.1) is 0 Å². The smallest absolute Gasteiger partial charge is 0.239 e. The average molecular weight is 471 g/mol. The van der Waals surface area contributed by atoms with E-state index >= 15 is 0 Å². The van der Waals surface area contributed by atoms with Crippen molar-refractivity contribution < 1.29 is 18.0 Å². The summed E-state index contributed by atoms with van der Waals surface area (Å²) in [7, 11) is -3.07. The van der Waals surface area contributed by atoms with E-state index in [1.54, 1.807) is 31.5 Å². The Labute approximate surface area is 184 Å². The molecule has 1 fully saturated rings. The summed E-state index contributed by atoms with van der Waals surface area (Å²) in [6, 6.07) is 6.91. The number of halogens is 1. The standard InChI is InChI=1S/C19H23ClN4O4S2/c1-2-23(11-17(25)22-15-7-10-30(27,28)13-15)18(26)12-29-19-21-8-9-24(19)16-5-3-14(20)4-6-16/h3-6,8-9,15H,2,7,10-13H2,1H3,(H,22,25)/t15-/m1/s1. The molecule has 30 heavy (non-hydrogen) atoms. The van der Waals surface area contributed by atoms with E-state index in [0.29, 0.717) is 23.1 Å². The summed E-state index contributed by atoms with van der Waals surface area (Å²) in [5.74, 6) is -0.362. The lowest BCUT2D eigenvalue weighted by Crippen LogP contribution is -2.45. The number of hydrogen-bond donors (Lipinski definition) is 1. The fourth-order valence-corrected chi connectivity index (χ4v) is 5.82. The van der Waals surface area contributed by atoms with Crippen LogP contribution in [0.4, 0.5) is 0 Å². The second-order valence-corrected chi connectivity index (χ2v) is 10.5. The van der Waals surface area contributed by atoms with Gasteiger partial charge < -0.3 is 10.2 Å². The lowest BCUT2D eigenvalue weighted by atomic mass is 10.2.